The summed E-state index contributed by atoms with van der Waals surface area (Å²) in [6, 6.07) is 3.85. The zero-order chi connectivity index (χ0) is 14.9. The molecule has 0 radical (unpaired) electrons. The third-order valence-electron chi connectivity index (χ3n) is 3.07. The second-order valence-corrected chi connectivity index (χ2v) is 4.77. The number of benzene rings is 1. The van der Waals surface area contributed by atoms with Gasteiger partial charge >= 0.3 is 5.92 Å². The smallest absolute Gasteiger partial charge is 0.321 e. The number of hydrogen-bond donors (Lipinski definition) is 2. The molecule has 1 heterocycles. The lowest BCUT2D eigenvalue weighted by Crippen LogP contribution is -2.45. The van der Waals surface area contributed by atoms with Crippen LogP contribution >= 0.6 is 0 Å². The minimum absolute atomic E-state index is 0.0934. The van der Waals surface area contributed by atoms with Gasteiger partial charge < -0.3 is 10.6 Å². The standard InChI is InChI=1S/C13H13F3N2O2/c1-13(15,16)12(20)17-9-6-10(19)18-11(9)7-2-4-8(14)5-3-7/h2-5,9,11H,6H2,1H3,(H,17,20)(H,18,19)/t9-,11+/m1/s1. The van der Waals surface area contributed by atoms with E-state index in [0.29, 0.717) is 12.5 Å². The van der Waals surface area contributed by atoms with Crippen LogP contribution in [-0.2, 0) is 9.59 Å². The summed E-state index contributed by atoms with van der Waals surface area (Å²) in [6.45, 7) is 0.486. The van der Waals surface area contributed by atoms with Crippen LogP contribution in [0, 0.1) is 5.82 Å². The van der Waals surface area contributed by atoms with Gasteiger partial charge in [0, 0.05) is 13.3 Å². The van der Waals surface area contributed by atoms with Gasteiger partial charge in [-0.3, -0.25) is 9.59 Å². The lowest BCUT2D eigenvalue weighted by molar-refractivity contribution is -0.143. The van der Waals surface area contributed by atoms with Crippen molar-refractivity contribution in [2.45, 2.75) is 31.4 Å². The van der Waals surface area contributed by atoms with Crippen molar-refractivity contribution in [3.63, 3.8) is 0 Å². The zero-order valence-electron chi connectivity index (χ0n) is 10.6. The monoisotopic (exact) mass is 286 g/mol. The second-order valence-electron chi connectivity index (χ2n) is 4.77. The van der Waals surface area contributed by atoms with Crippen LogP contribution in [0.5, 0.6) is 0 Å². The molecule has 1 saturated heterocycles. The van der Waals surface area contributed by atoms with Gasteiger partial charge in [0.25, 0.3) is 5.91 Å². The van der Waals surface area contributed by atoms with Crippen LogP contribution in [0.4, 0.5) is 13.2 Å². The van der Waals surface area contributed by atoms with Crippen LogP contribution in [0.3, 0.4) is 0 Å². The molecule has 1 aromatic carbocycles. The van der Waals surface area contributed by atoms with Gasteiger partial charge in [-0.2, -0.15) is 8.78 Å². The summed E-state index contributed by atoms with van der Waals surface area (Å²) in [4.78, 5) is 22.7. The maximum absolute atomic E-state index is 12.9. The Morgan fingerprint density at radius 3 is 2.50 bits per heavy atom. The molecule has 0 aliphatic carbocycles. The van der Waals surface area contributed by atoms with Crippen LogP contribution in [-0.4, -0.2) is 23.8 Å². The predicted molar refractivity (Wildman–Crippen MR) is 64.5 cm³/mol. The molecule has 108 valence electrons. The molecular weight excluding hydrogens is 273 g/mol. The molecule has 0 bridgehead atoms. The number of amides is 2. The Morgan fingerprint density at radius 2 is 1.95 bits per heavy atom. The highest BCUT2D eigenvalue weighted by Gasteiger charge is 2.39. The Hall–Kier alpha value is -2.05. The maximum atomic E-state index is 12.9. The Labute approximate surface area is 113 Å². The van der Waals surface area contributed by atoms with E-state index in [4.69, 9.17) is 0 Å². The summed E-state index contributed by atoms with van der Waals surface area (Å²) in [5.74, 6) is -5.76. The molecule has 2 amide bonds. The van der Waals surface area contributed by atoms with Crippen molar-refractivity contribution in [2.75, 3.05) is 0 Å². The number of nitrogens with one attached hydrogen (secondary N) is 2. The summed E-state index contributed by atoms with van der Waals surface area (Å²) in [5, 5.41) is 4.72. The molecule has 0 saturated carbocycles. The van der Waals surface area contributed by atoms with E-state index in [1.54, 1.807) is 0 Å². The average molecular weight is 286 g/mol. The Morgan fingerprint density at radius 1 is 1.35 bits per heavy atom. The number of carbonyl (C=O) groups is 2. The highest BCUT2D eigenvalue weighted by molar-refractivity contribution is 5.86. The van der Waals surface area contributed by atoms with E-state index in [1.165, 1.54) is 24.3 Å². The SMILES string of the molecule is CC(F)(F)C(=O)N[C@@H]1CC(=O)N[C@H]1c1ccc(F)cc1. The molecule has 2 N–H and O–H groups in total. The number of halogens is 3. The van der Waals surface area contributed by atoms with Gasteiger partial charge in [-0.25, -0.2) is 4.39 Å². The third-order valence-corrected chi connectivity index (χ3v) is 3.07. The van der Waals surface area contributed by atoms with Gasteiger partial charge in [-0.15, -0.1) is 0 Å². The van der Waals surface area contributed by atoms with Crippen LogP contribution in [0.2, 0.25) is 0 Å². The average Bonchev–Trinajstić information content (AvgIpc) is 2.70. The van der Waals surface area contributed by atoms with E-state index in [1.807, 2.05) is 0 Å². The Balaban J connectivity index is 2.17. The first-order valence-corrected chi connectivity index (χ1v) is 6.01. The van der Waals surface area contributed by atoms with Gasteiger partial charge in [0.2, 0.25) is 5.91 Å². The van der Waals surface area contributed by atoms with Crippen LogP contribution in [0.15, 0.2) is 24.3 Å². The molecule has 20 heavy (non-hydrogen) atoms. The molecule has 4 nitrogen and oxygen atoms in total. The van der Waals surface area contributed by atoms with Gasteiger partial charge in [0.05, 0.1) is 12.1 Å². The normalized spacial score (nSPS) is 22.5. The van der Waals surface area contributed by atoms with E-state index in [0.717, 1.165) is 0 Å². The summed E-state index contributed by atoms with van der Waals surface area (Å²) >= 11 is 0. The molecule has 1 fully saturated rings. The molecule has 0 spiro atoms. The number of rotatable bonds is 3. The molecule has 1 aliphatic rings. The molecule has 2 rings (SSSR count). The molecular formula is C13H13F3N2O2. The van der Waals surface area contributed by atoms with E-state index in [2.05, 4.69) is 10.6 Å². The van der Waals surface area contributed by atoms with Crippen molar-refractivity contribution in [1.29, 1.82) is 0 Å². The fourth-order valence-corrected chi connectivity index (χ4v) is 2.07. The minimum atomic E-state index is -3.51. The van der Waals surface area contributed by atoms with Crippen molar-refractivity contribution in [2.24, 2.45) is 0 Å². The van der Waals surface area contributed by atoms with Crippen LogP contribution < -0.4 is 10.6 Å². The summed E-state index contributed by atoms with van der Waals surface area (Å²) in [6.07, 6.45) is -0.0934. The first-order chi connectivity index (χ1) is 9.27. The Bertz CT molecular complexity index is 525. The number of hydrogen-bond acceptors (Lipinski definition) is 2. The first-order valence-electron chi connectivity index (χ1n) is 6.01. The summed E-state index contributed by atoms with van der Waals surface area (Å²) in [5.41, 5.74) is 0.543. The molecule has 7 heteroatoms. The van der Waals surface area contributed by atoms with Crippen LogP contribution in [0.25, 0.3) is 0 Å². The van der Waals surface area contributed by atoms with E-state index in [-0.39, 0.29) is 12.3 Å². The topological polar surface area (TPSA) is 58.2 Å². The third kappa shape index (κ3) is 3.09. The molecule has 1 aliphatic heterocycles. The van der Waals surface area contributed by atoms with Gasteiger partial charge in [-0.1, -0.05) is 12.1 Å². The fraction of sp³-hybridized carbons (Fsp3) is 0.385. The summed E-state index contributed by atoms with van der Waals surface area (Å²) in [7, 11) is 0. The highest BCUT2D eigenvalue weighted by atomic mass is 19.3. The largest absolute Gasteiger partial charge is 0.347 e. The van der Waals surface area contributed by atoms with Gasteiger partial charge in [0.1, 0.15) is 5.82 Å². The van der Waals surface area contributed by atoms with E-state index >= 15 is 0 Å². The van der Waals surface area contributed by atoms with Gasteiger partial charge in [0.15, 0.2) is 0 Å². The van der Waals surface area contributed by atoms with Crippen molar-refractivity contribution >= 4 is 11.8 Å². The van der Waals surface area contributed by atoms with Crippen molar-refractivity contribution < 1.29 is 22.8 Å². The van der Waals surface area contributed by atoms with Crippen molar-refractivity contribution in [3.05, 3.63) is 35.6 Å². The number of carbonyl (C=O) groups excluding carboxylic acids is 2. The fourth-order valence-electron chi connectivity index (χ4n) is 2.07. The first kappa shape index (κ1) is 14.4. The maximum Gasteiger partial charge on any atom is 0.321 e. The number of alkyl halides is 2. The molecule has 0 aromatic heterocycles. The molecule has 1 aromatic rings. The Kier molecular flexibility index (Phi) is 3.69. The molecule has 2 atom stereocenters. The minimum Gasteiger partial charge on any atom is -0.347 e. The van der Waals surface area contributed by atoms with Crippen LogP contribution in [0.1, 0.15) is 24.9 Å². The van der Waals surface area contributed by atoms with Crippen molar-refractivity contribution in [3.8, 4) is 0 Å². The predicted octanol–water partition coefficient (Wildman–Crippen LogP) is 1.53. The quantitative estimate of drug-likeness (QED) is 0.885. The van der Waals surface area contributed by atoms with Crippen molar-refractivity contribution in [1.82, 2.24) is 10.6 Å². The lowest BCUT2D eigenvalue weighted by atomic mass is 10.0. The van der Waals surface area contributed by atoms with E-state index < -0.39 is 29.7 Å². The molecule has 0 unspecified atom stereocenters. The lowest BCUT2D eigenvalue weighted by Gasteiger charge is -2.22. The highest BCUT2D eigenvalue weighted by Crippen LogP contribution is 2.25. The van der Waals surface area contributed by atoms with E-state index in [9.17, 15) is 22.8 Å². The summed E-state index contributed by atoms with van der Waals surface area (Å²) < 4.78 is 38.6. The second kappa shape index (κ2) is 5.15. The van der Waals surface area contributed by atoms with Gasteiger partial charge in [-0.05, 0) is 17.7 Å². The zero-order valence-corrected chi connectivity index (χ0v) is 10.6.